The minimum atomic E-state index is -0.360. The SMILES string of the molecule is CCOC(=O)CCOCCOCCOCCOCCOCCOCCOCCOCCOCCOCCOCCOC(=O)c1ccccc1. The Labute approximate surface area is 290 Å². The average Bonchev–Trinajstić information content (AvgIpc) is 3.11. The van der Waals surface area contributed by atoms with Gasteiger partial charge in [0.2, 0.25) is 0 Å². The quantitative estimate of drug-likeness (QED) is 0.0727. The van der Waals surface area contributed by atoms with Crippen LogP contribution in [-0.2, 0) is 66.4 Å². The molecule has 0 aromatic heterocycles. The standard InChI is InChI=1S/C34H58O15/c1-2-48-33(35)8-9-37-10-11-38-12-13-39-14-15-40-16-17-41-18-19-42-20-21-43-22-23-44-24-25-45-26-27-46-28-29-47-30-31-49-34(36)32-6-4-3-5-7-32/h3-7H,2,8-31H2,1H3. The molecule has 0 heterocycles. The fourth-order valence-electron chi connectivity index (χ4n) is 3.54. The van der Waals surface area contributed by atoms with Crippen LogP contribution in [0.4, 0.5) is 0 Å². The number of rotatable bonds is 38. The zero-order valence-electron chi connectivity index (χ0n) is 29.2. The first-order chi connectivity index (χ1) is 24.2. The molecule has 284 valence electrons. The fourth-order valence-corrected chi connectivity index (χ4v) is 3.54. The van der Waals surface area contributed by atoms with Crippen LogP contribution >= 0.6 is 0 Å². The average molecular weight is 707 g/mol. The molecule has 0 spiro atoms. The van der Waals surface area contributed by atoms with Crippen LogP contribution in [-0.4, -0.2) is 171 Å². The molecule has 15 nitrogen and oxygen atoms in total. The van der Waals surface area contributed by atoms with E-state index in [1.165, 1.54) is 0 Å². The summed E-state index contributed by atoms with van der Waals surface area (Å²) in [6.45, 7) is 12.4. The van der Waals surface area contributed by atoms with Crippen LogP contribution in [0.3, 0.4) is 0 Å². The molecule has 0 amide bonds. The van der Waals surface area contributed by atoms with Crippen LogP contribution in [0.5, 0.6) is 0 Å². The number of carbonyl (C=O) groups is 2. The predicted molar refractivity (Wildman–Crippen MR) is 177 cm³/mol. The van der Waals surface area contributed by atoms with E-state index >= 15 is 0 Å². The van der Waals surface area contributed by atoms with E-state index in [1.807, 2.05) is 6.07 Å². The summed E-state index contributed by atoms with van der Waals surface area (Å²) < 4.78 is 69.7. The summed E-state index contributed by atoms with van der Waals surface area (Å²) in [7, 11) is 0. The molecule has 0 aliphatic rings. The summed E-state index contributed by atoms with van der Waals surface area (Å²) in [5.74, 6) is -0.615. The molecule has 0 atom stereocenters. The van der Waals surface area contributed by atoms with Crippen molar-refractivity contribution in [3.05, 3.63) is 35.9 Å². The number of benzene rings is 1. The van der Waals surface area contributed by atoms with Crippen LogP contribution in [0.1, 0.15) is 23.7 Å². The van der Waals surface area contributed by atoms with Crippen molar-refractivity contribution in [2.75, 3.05) is 159 Å². The zero-order valence-corrected chi connectivity index (χ0v) is 29.2. The Hall–Kier alpha value is -2.28. The van der Waals surface area contributed by atoms with Crippen LogP contribution in [0.15, 0.2) is 30.3 Å². The molecule has 0 saturated heterocycles. The van der Waals surface area contributed by atoms with Crippen LogP contribution < -0.4 is 0 Å². The molecule has 1 aromatic carbocycles. The van der Waals surface area contributed by atoms with Gasteiger partial charge < -0.3 is 61.6 Å². The van der Waals surface area contributed by atoms with Gasteiger partial charge in [-0.15, -0.1) is 0 Å². The molecule has 0 saturated carbocycles. The lowest BCUT2D eigenvalue weighted by Crippen LogP contribution is -2.15. The smallest absolute Gasteiger partial charge is 0.338 e. The predicted octanol–water partition coefficient (Wildman–Crippen LogP) is 1.98. The largest absolute Gasteiger partial charge is 0.466 e. The summed E-state index contributed by atoms with van der Waals surface area (Å²) in [5.41, 5.74) is 0.522. The van der Waals surface area contributed by atoms with Gasteiger partial charge in [0, 0.05) is 0 Å². The fraction of sp³-hybridized carbons (Fsp3) is 0.765. The van der Waals surface area contributed by atoms with Gasteiger partial charge in [0.05, 0.1) is 164 Å². The van der Waals surface area contributed by atoms with Gasteiger partial charge in [-0.05, 0) is 19.1 Å². The Morgan fingerprint density at radius 3 is 0.980 bits per heavy atom. The van der Waals surface area contributed by atoms with Crippen molar-refractivity contribution >= 4 is 11.9 Å². The maximum absolute atomic E-state index is 11.8. The van der Waals surface area contributed by atoms with E-state index in [0.717, 1.165) is 0 Å². The highest BCUT2D eigenvalue weighted by atomic mass is 16.6. The van der Waals surface area contributed by atoms with E-state index in [2.05, 4.69) is 0 Å². The topological polar surface area (TPSA) is 154 Å². The Morgan fingerprint density at radius 1 is 0.388 bits per heavy atom. The van der Waals surface area contributed by atoms with Crippen LogP contribution in [0, 0.1) is 0 Å². The first kappa shape index (κ1) is 44.7. The molecule has 0 unspecified atom stereocenters. The maximum atomic E-state index is 11.8. The monoisotopic (exact) mass is 706 g/mol. The van der Waals surface area contributed by atoms with Crippen LogP contribution in [0.25, 0.3) is 0 Å². The molecule has 1 rings (SSSR count). The molecule has 0 bridgehead atoms. The van der Waals surface area contributed by atoms with Crippen molar-refractivity contribution in [1.29, 1.82) is 0 Å². The molecule has 0 aliphatic heterocycles. The third-order valence-corrected chi connectivity index (χ3v) is 5.95. The van der Waals surface area contributed by atoms with Gasteiger partial charge in [0.25, 0.3) is 0 Å². The highest BCUT2D eigenvalue weighted by Gasteiger charge is 2.05. The van der Waals surface area contributed by atoms with Crippen molar-refractivity contribution in [3.63, 3.8) is 0 Å². The van der Waals surface area contributed by atoms with Crippen molar-refractivity contribution < 1.29 is 71.2 Å². The summed E-state index contributed by atoms with van der Waals surface area (Å²) in [4.78, 5) is 22.9. The summed E-state index contributed by atoms with van der Waals surface area (Å²) in [5, 5.41) is 0. The van der Waals surface area contributed by atoms with Gasteiger partial charge in [0.1, 0.15) is 6.61 Å². The van der Waals surface area contributed by atoms with Crippen molar-refractivity contribution in [3.8, 4) is 0 Å². The molecule has 49 heavy (non-hydrogen) atoms. The van der Waals surface area contributed by atoms with E-state index in [0.29, 0.717) is 158 Å². The Bertz CT molecular complexity index is 846. The Kier molecular flexibility index (Phi) is 33.8. The first-order valence-corrected chi connectivity index (χ1v) is 17.0. The Morgan fingerprint density at radius 2 is 0.673 bits per heavy atom. The molecule has 0 radical (unpaired) electrons. The molecule has 1 aromatic rings. The molecular weight excluding hydrogens is 648 g/mol. The van der Waals surface area contributed by atoms with Crippen molar-refractivity contribution in [1.82, 2.24) is 0 Å². The normalized spacial score (nSPS) is 11.2. The zero-order chi connectivity index (χ0) is 35.1. The minimum Gasteiger partial charge on any atom is -0.466 e. The number of carbonyl (C=O) groups excluding carboxylic acids is 2. The van der Waals surface area contributed by atoms with Crippen molar-refractivity contribution in [2.45, 2.75) is 13.3 Å². The highest BCUT2D eigenvalue weighted by molar-refractivity contribution is 5.89. The summed E-state index contributed by atoms with van der Waals surface area (Å²) in [6, 6.07) is 8.84. The highest BCUT2D eigenvalue weighted by Crippen LogP contribution is 2.00. The van der Waals surface area contributed by atoms with E-state index in [9.17, 15) is 9.59 Å². The molecule has 0 N–H and O–H groups in total. The Balaban J connectivity index is 1.63. The summed E-state index contributed by atoms with van der Waals surface area (Å²) >= 11 is 0. The molecular formula is C34H58O15. The van der Waals surface area contributed by atoms with E-state index in [-0.39, 0.29) is 25.0 Å². The number of hydrogen-bond acceptors (Lipinski definition) is 15. The van der Waals surface area contributed by atoms with Gasteiger partial charge in [0.15, 0.2) is 0 Å². The van der Waals surface area contributed by atoms with E-state index in [1.54, 1.807) is 31.2 Å². The lowest BCUT2D eigenvalue weighted by atomic mass is 10.2. The van der Waals surface area contributed by atoms with Gasteiger partial charge in [-0.25, -0.2) is 4.79 Å². The van der Waals surface area contributed by atoms with Gasteiger partial charge in [-0.2, -0.15) is 0 Å². The number of ether oxygens (including phenoxy) is 13. The first-order valence-electron chi connectivity index (χ1n) is 17.0. The summed E-state index contributed by atoms with van der Waals surface area (Å²) in [6.07, 6.45) is 0.252. The third-order valence-electron chi connectivity index (χ3n) is 5.95. The number of hydrogen-bond donors (Lipinski definition) is 0. The molecule has 0 fully saturated rings. The second-order valence-electron chi connectivity index (χ2n) is 9.79. The van der Waals surface area contributed by atoms with Crippen LogP contribution in [0.2, 0.25) is 0 Å². The van der Waals surface area contributed by atoms with Crippen molar-refractivity contribution in [2.24, 2.45) is 0 Å². The second-order valence-corrected chi connectivity index (χ2v) is 9.79. The maximum Gasteiger partial charge on any atom is 0.338 e. The third kappa shape index (κ3) is 32.7. The van der Waals surface area contributed by atoms with E-state index in [4.69, 9.17) is 61.6 Å². The lowest BCUT2D eigenvalue weighted by molar-refractivity contribution is -0.144. The van der Waals surface area contributed by atoms with E-state index < -0.39 is 0 Å². The minimum absolute atomic E-state index is 0.197. The second kappa shape index (κ2) is 37.0. The van der Waals surface area contributed by atoms with Gasteiger partial charge >= 0.3 is 11.9 Å². The number of esters is 2. The molecule has 15 heteroatoms. The lowest BCUT2D eigenvalue weighted by Gasteiger charge is -2.09. The van der Waals surface area contributed by atoms with Gasteiger partial charge in [-0.3, -0.25) is 4.79 Å². The van der Waals surface area contributed by atoms with Gasteiger partial charge in [-0.1, -0.05) is 18.2 Å². The molecule has 0 aliphatic carbocycles.